The third-order valence-electron chi connectivity index (χ3n) is 6.70. The molecule has 0 fully saturated rings. The van der Waals surface area contributed by atoms with E-state index in [4.69, 9.17) is 21.1 Å². The molecule has 1 amide bonds. The average Bonchev–Trinajstić information content (AvgIpc) is 3.45. The standard InChI is InChI=1S/C32H43ClN2O3S/c1-2-3-4-5-6-7-8-9-10-11-12-15-21-37-28-18-19-31(29(33)23-28)38-25-32(36)34-30-17-14-13-16-27(30)24-35-20-22-39-26-35/h13-14,16-20,22-23,26H,2-12,15,21,24-25H2,1H3/p+1. The highest BCUT2D eigenvalue weighted by atomic mass is 35.5. The maximum Gasteiger partial charge on any atom is 0.262 e. The zero-order valence-corrected chi connectivity index (χ0v) is 24.9. The number of hydrogen-bond acceptors (Lipinski definition) is 4. The Bertz CT molecular complexity index is 1090. The number of para-hydroxylation sites is 1. The van der Waals surface area contributed by atoms with E-state index in [0.717, 1.165) is 23.4 Å². The normalized spacial score (nSPS) is 10.9. The Kier molecular flexibility index (Phi) is 14.8. The van der Waals surface area contributed by atoms with Gasteiger partial charge < -0.3 is 14.8 Å². The number of benzene rings is 2. The molecule has 5 nitrogen and oxygen atoms in total. The van der Waals surface area contributed by atoms with Crippen LogP contribution in [-0.4, -0.2) is 19.1 Å². The van der Waals surface area contributed by atoms with Gasteiger partial charge in [-0.1, -0.05) is 119 Å². The second-order valence-corrected chi connectivity index (χ2v) is 11.2. The third kappa shape index (κ3) is 12.4. The number of carbonyl (C=O) groups excluding carboxylic acids is 1. The molecule has 1 aromatic heterocycles. The van der Waals surface area contributed by atoms with Crippen molar-refractivity contribution in [2.45, 2.75) is 90.5 Å². The van der Waals surface area contributed by atoms with E-state index in [-0.39, 0.29) is 12.5 Å². The van der Waals surface area contributed by atoms with Gasteiger partial charge in [0.15, 0.2) is 19.3 Å². The predicted molar refractivity (Wildman–Crippen MR) is 162 cm³/mol. The number of ether oxygens (including phenoxy) is 2. The molecule has 0 bridgehead atoms. The van der Waals surface area contributed by atoms with E-state index in [9.17, 15) is 4.79 Å². The fraction of sp³-hybridized carbons (Fsp3) is 0.500. The number of rotatable bonds is 20. The molecule has 1 N–H and O–H groups in total. The van der Waals surface area contributed by atoms with E-state index in [1.165, 1.54) is 70.6 Å². The van der Waals surface area contributed by atoms with Gasteiger partial charge >= 0.3 is 0 Å². The number of aromatic nitrogens is 1. The van der Waals surface area contributed by atoms with Gasteiger partial charge in [0.25, 0.3) is 5.91 Å². The van der Waals surface area contributed by atoms with Gasteiger partial charge in [0.2, 0.25) is 5.51 Å². The minimum Gasteiger partial charge on any atom is -0.494 e. The van der Waals surface area contributed by atoms with Gasteiger partial charge in [-0.05, 0) is 24.6 Å². The molecule has 0 saturated carbocycles. The summed E-state index contributed by atoms with van der Waals surface area (Å²) in [6.45, 7) is 3.51. The molecule has 0 atom stereocenters. The van der Waals surface area contributed by atoms with Crippen molar-refractivity contribution in [2.24, 2.45) is 0 Å². The number of anilines is 1. The Morgan fingerprint density at radius 3 is 2.26 bits per heavy atom. The smallest absolute Gasteiger partial charge is 0.262 e. The van der Waals surface area contributed by atoms with Crippen molar-refractivity contribution >= 4 is 34.5 Å². The number of amides is 1. The Morgan fingerprint density at radius 2 is 1.59 bits per heavy atom. The summed E-state index contributed by atoms with van der Waals surface area (Å²) in [5.74, 6) is 0.951. The van der Waals surface area contributed by atoms with Crippen LogP contribution >= 0.6 is 22.9 Å². The monoisotopic (exact) mass is 571 g/mol. The average molecular weight is 572 g/mol. The summed E-state index contributed by atoms with van der Waals surface area (Å²) < 4.78 is 13.6. The van der Waals surface area contributed by atoms with E-state index < -0.39 is 0 Å². The van der Waals surface area contributed by atoms with Crippen LogP contribution in [0.1, 0.15) is 89.5 Å². The molecule has 7 heteroatoms. The van der Waals surface area contributed by atoms with Crippen molar-refractivity contribution < 1.29 is 18.8 Å². The lowest BCUT2D eigenvalue weighted by atomic mass is 10.1. The molecule has 0 radical (unpaired) electrons. The summed E-state index contributed by atoms with van der Waals surface area (Å²) in [6, 6.07) is 13.1. The van der Waals surface area contributed by atoms with E-state index in [2.05, 4.69) is 16.8 Å². The van der Waals surface area contributed by atoms with Crippen molar-refractivity contribution in [1.29, 1.82) is 0 Å². The van der Waals surface area contributed by atoms with Gasteiger partial charge in [0.05, 0.1) is 22.7 Å². The first kappa shape index (κ1) is 31.0. The summed E-state index contributed by atoms with van der Waals surface area (Å²) in [7, 11) is 0. The maximum atomic E-state index is 12.6. The van der Waals surface area contributed by atoms with Crippen LogP contribution < -0.4 is 19.4 Å². The van der Waals surface area contributed by atoms with Crippen LogP contribution in [0.15, 0.2) is 59.6 Å². The Hall–Kier alpha value is -2.57. The Balaban J connectivity index is 1.28. The van der Waals surface area contributed by atoms with Crippen molar-refractivity contribution in [3.63, 3.8) is 0 Å². The van der Waals surface area contributed by atoms with Gasteiger partial charge in [0, 0.05) is 11.6 Å². The molecule has 3 rings (SSSR count). The van der Waals surface area contributed by atoms with Crippen LogP contribution in [0.4, 0.5) is 5.69 Å². The fourth-order valence-corrected chi connectivity index (χ4v) is 5.30. The largest absolute Gasteiger partial charge is 0.494 e. The molecule has 0 aliphatic heterocycles. The third-order valence-corrected chi connectivity index (χ3v) is 7.67. The van der Waals surface area contributed by atoms with Gasteiger partial charge in [-0.2, -0.15) is 4.57 Å². The minimum atomic E-state index is -0.235. The van der Waals surface area contributed by atoms with Gasteiger partial charge in [0.1, 0.15) is 11.5 Å². The number of thiazole rings is 1. The number of nitrogens with zero attached hydrogens (tertiary/aromatic N) is 1. The van der Waals surface area contributed by atoms with Crippen LogP contribution in [0.25, 0.3) is 0 Å². The highest BCUT2D eigenvalue weighted by Crippen LogP contribution is 2.29. The van der Waals surface area contributed by atoms with Gasteiger partial charge in [-0.25, -0.2) is 0 Å². The second kappa shape index (κ2) is 18.7. The zero-order valence-electron chi connectivity index (χ0n) is 23.3. The first-order chi connectivity index (χ1) is 19.2. The molecule has 39 heavy (non-hydrogen) atoms. The molecule has 1 heterocycles. The minimum absolute atomic E-state index is 0.126. The van der Waals surface area contributed by atoms with Crippen molar-refractivity contribution in [3.8, 4) is 11.5 Å². The van der Waals surface area contributed by atoms with Gasteiger partial charge in [-0.15, -0.1) is 0 Å². The molecule has 212 valence electrons. The lowest BCUT2D eigenvalue weighted by Gasteiger charge is -2.12. The highest BCUT2D eigenvalue weighted by Gasteiger charge is 2.12. The van der Waals surface area contributed by atoms with Crippen molar-refractivity contribution in [2.75, 3.05) is 18.5 Å². The number of carbonyl (C=O) groups is 1. The molecule has 0 aliphatic carbocycles. The summed E-state index contributed by atoms with van der Waals surface area (Å²) in [5, 5.41) is 5.41. The molecule has 2 aromatic carbocycles. The molecule has 3 aromatic rings. The summed E-state index contributed by atoms with van der Waals surface area (Å²) in [4.78, 5) is 12.6. The Morgan fingerprint density at radius 1 is 0.897 bits per heavy atom. The van der Waals surface area contributed by atoms with Crippen LogP contribution in [0.3, 0.4) is 0 Å². The lowest BCUT2D eigenvalue weighted by Crippen LogP contribution is -2.31. The SMILES string of the molecule is CCCCCCCCCCCCCCOc1ccc(OCC(=O)Nc2ccccc2C[n+]2ccsc2)c(Cl)c1. The van der Waals surface area contributed by atoms with E-state index in [1.54, 1.807) is 23.5 Å². The van der Waals surface area contributed by atoms with E-state index in [1.807, 2.05) is 47.4 Å². The molecule has 0 spiro atoms. The van der Waals surface area contributed by atoms with Crippen LogP contribution in [0, 0.1) is 0 Å². The first-order valence-electron chi connectivity index (χ1n) is 14.5. The maximum absolute atomic E-state index is 12.6. The number of nitrogens with one attached hydrogen (secondary N) is 1. The Labute approximate surface area is 243 Å². The van der Waals surface area contributed by atoms with E-state index in [0.29, 0.717) is 23.9 Å². The molecule has 0 aliphatic rings. The second-order valence-electron chi connectivity index (χ2n) is 10.0. The predicted octanol–water partition coefficient (Wildman–Crippen LogP) is 8.83. The highest BCUT2D eigenvalue weighted by molar-refractivity contribution is 7.07. The van der Waals surface area contributed by atoms with Crippen molar-refractivity contribution in [1.82, 2.24) is 0 Å². The van der Waals surface area contributed by atoms with Gasteiger partial charge in [-0.3, -0.25) is 4.79 Å². The molecular formula is C32H44ClN2O3S+. The zero-order chi connectivity index (χ0) is 27.5. The molecule has 0 saturated heterocycles. The van der Waals surface area contributed by atoms with E-state index >= 15 is 0 Å². The topological polar surface area (TPSA) is 51.4 Å². The van der Waals surface area contributed by atoms with Crippen LogP contribution in [-0.2, 0) is 11.3 Å². The summed E-state index contributed by atoms with van der Waals surface area (Å²) >= 11 is 8.03. The first-order valence-corrected chi connectivity index (χ1v) is 15.8. The molecular weight excluding hydrogens is 528 g/mol. The van der Waals surface area contributed by atoms with Crippen LogP contribution in [0.2, 0.25) is 5.02 Å². The lowest BCUT2D eigenvalue weighted by molar-refractivity contribution is -0.683. The van der Waals surface area contributed by atoms with Crippen molar-refractivity contribution in [3.05, 3.63) is 70.1 Å². The number of unbranched alkanes of at least 4 members (excludes halogenated alkanes) is 11. The summed E-state index contributed by atoms with van der Waals surface area (Å²) in [5.41, 5.74) is 3.84. The quantitative estimate of drug-likeness (QED) is 0.109. The summed E-state index contributed by atoms with van der Waals surface area (Å²) in [6.07, 6.45) is 17.9. The number of halogens is 1. The number of hydrogen-bond donors (Lipinski definition) is 1. The molecule has 0 unspecified atom stereocenters. The van der Waals surface area contributed by atoms with Crippen LogP contribution in [0.5, 0.6) is 11.5 Å². The fourth-order valence-electron chi connectivity index (χ4n) is 4.48.